The van der Waals surface area contributed by atoms with Crippen LogP contribution in [0.2, 0.25) is 0 Å². The number of imidazole rings is 1. The van der Waals surface area contributed by atoms with Crippen molar-refractivity contribution in [2.24, 2.45) is 7.05 Å². The second-order valence-corrected chi connectivity index (χ2v) is 4.04. The number of halogens is 3. The van der Waals surface area contributed by atoms with Crippen molar-refractivity contribution >= 4 is 0 Å². The van der Waals surface area contributed by atoms with Gasteiger partial charge in [-0.05, 0) is 6.54 Å². The molecule has 1 rings (SSSR count). The fourth-order valence-corrected chi connectivity index (χ4v) is 1.61. The number of alkyl halides is 3. The number of hydrogen-bond acceptors (Lipinski definition) is 3. The molecule has 0 aliphatic rings. The summed E-state index contributed by atoms with van der Waals surface area (Å²) in [6, 6.07) is -0.168. The van der Waals surface area contributed by atoms with Crippen molar-refractivity contribution in [3.05, 3.63) is 18.2 Å². The molecule has 0 aromatic carbocycles. The monoisotopic (exact) mass is 265 g/mol. The van der Waals surface area contributed by atoms with Crippen molar-refractivity contribution < 1.29 is 17.9 Å². The summed E-state index contributed by atoms with van der Waals surface area (Å²) in [5, 5.41) is 3.09. The van der Waals surface area contributed by atoms with Crippen molar-refractivity contribution in [3.63, 3.8) is 0 Å². The van der Waals surface area contributed by atoms with Gasteiger partial charge in [0.25, 0.3) is 0 Å². The normalized spacial score (nSPS) is 13.8. The van der Waals surface area contributed by atoms with E-state index in [1.807, 2.05) is 18.5 Å². The SMILES string of the molecule is CCNC(COCC(F)(F)F)Cc1nccn1C. The van der Waals surface area contributed by atoms with Gasteiger partial charge in [-0.1, -0.05) is 6.92 Å². The van der Waals surface area contributed by atoms with E-state index in [9.17, 15) is 13.2 Å². The van der Waals surface area contributed by atoms with Gasteiger partial charge in [-0.15, -0.1) is 0 Å². The van der Waals surface area contributed by atoms with Crippen LogP contribution >= 0.6 is 0 Å². The molecule has 0 saturated carbocycles. The van der Waals surface area contributed by atoms with Gasteiger partial charge in [-0.2, -0.15) is 13.2 Å². The van der Waals surface area contributed by atoms with Crippen molar-refractivity contribution in [2.45, 2.75) is 25.6 Å². The first-order chi connectivity index (χ1) is 8.42. The molecule has 1 atom stereocenters. The average molecular weight is 265 g/mol. The Labute approximate surface area is 104 Å². The third-order valence-corrected chi connectivity index (χ3v) is 2.43. The lowest BCUT2D eigenvalue weighted by atomic mass is 10.2. The molecule has 4 nitrogen and oxygen atoms in total. The lowest BCUT2D eigenvalue weighted by Crippen LogP contribution is -2.37. The Morgan fingerprint density at radius 1 is 1.50 bits per heavy atom. The van der Waals surface area contributed by atoms with Gasteiger partial charge in [-0.25, -0.2) is 4.98 Å². The summed E-state index contributed by atoms with van der Waals surface area (Å²) in [4.78, 5) is 4.14. The van der Waals surface area contributed by atoms with Crippen LogP contribution in [-0.2, 0) is 18.2 Å². The van der Waals surface area contributed by atoms with Gasteiger partial charge >= 0.3 is 6.18 Å². The molecule has 7 heteroatoms. The first kappa shape index (κ1) is 15.0. The van der Waals surface area contributed by atoms with E-state index in [4.69, 9.17) is 0 Å². The number of aryl methyl sites for hydroxylation is 1. The summed E-state index contributed by atoms with van der Waals surface area (Å²) < 4.78 is 42.4. The zero-order chi connectivity index (χ0) is 13.6. The van der Waals surface area contributed by atoms with E-state index < -0.39 is 12.8 Å². The summed E-state index contributed by atoms with van der Waals surface area (Å²) in [6.07, 6.45) is -0.279. The van der Waals surface area contributed by atoms with Crippen LogP contribution in [0.3, 0.4) is 0 Å². The minimum atomic E-state index is -4.28. The fraction of sp³-hybridized carbons (Fsp3) is 0.727. The number of hydrogen-bond donors (Lipinski definition) is 1. The standard InChI is InChI=1S/C11H18F3N3O/c1-3-15-9(7-18-8-11(12,13)14)6-10-16-4-5-17(10)2/h4-5,9,15H,3,6-8H2,1-2H3. The first-order valence-electron chi connectivity index (χ1n) is 5.76. The molecule has 0 amide bonds. The number of likely N-dealkylation sites (N-methyl/N-ethyl adjacent to an activating group) is 1. The van der Waals surface area contributed by atoms with Crippen LogP contribution in [0, 0.1) is 0 Å². The average Bonchev–Trinajstić information content (AvgIpc) is 2.63. The van der Waals surface area contributed by atoms with E-state index in [2.05, 4.69) is 15.0 Å². The largest absolute Gasteiger partial charge is 0.411 e. The highest BCUT2D eigenvalue weighted by Crippen LogP contribution is 2.14. The maximum absolute atomic E-state index is 12.0. The molecule has 18 heavy (non-hydrogen) atoms. The summed E-state index contributed by atoms with van der Waals surface area (Å²) in [5.74, 6) is 0.816. The molecular formula is C11H18F3N3O. The van der Waals surface area contributed by atoms with Crippen molar-refractivity contribution in [1.29, 1.82) is 0 Å². The summed E-state index contributed by atoms with van der Waals surface area (Å²) >= 11 is 0. The van der Waals surface area contributed by atoms with Crippen molar-refractivity contribution in [2.75, 3.05) is 19.8 Å². The molecule has 0 bridgehead atoms. The summed E-state index contributed by atoms with van der Waals surface area (Å²) in [7, 11) is 1.85. The van der Waals surface area contributed by atoms with Crippen molar-refractivity contribution in [1.82, 2.24) is 14.9 Å². The van der Waals surface area contributed by atoms with Crippen LogP contribution in [0.4, 0.5) is 13.2 Å². The first-order valence-corrected chi connectivity index (χ1v) is 5.76. The Kier molecular flexibility index (Phi) is 5.61. The molecule has 1 aromatic heterocycles. The Morgan fingerprint density at radius 2 is 2.22 bits per heavy atom. The highest BCUT2D eigenvalue weighted by molar-refractivity contribution is 4.94. The van der Waals surface area contributed by atoms with Gasteiger partial charge in [0.15, 0.2) is 0 Å². The quantitative estimate of drug-likeness (QED) is 0.812. The highest BCUT2D eigenvalue weighted by Gasteiger charge is 2.28. The lowest BCUT2D eigenvalue weighted by molar-refractivity contribution is -0.175. The predicted molar refractivity (Wildman–Crippen MR) is 61.3 cm³/mol. The number of aromatic nitrogens is 2. The highest BCUT2D eigenvalue weighted by atomic mass is 19.4. The molecule has 1 unspecified atom stereocenters. The summed E-state index contributed by atoms with van der Waals surface area (Å²) in [5.41, 5.74) is 0. The zero-order valence-electron chi connectivity index (χ0n) is 10.5. The molecular weight excluding hydrogens is 247 g/mol. The van der Waals surface area contributed by atoms with Crippen LogP contribution < -0.4 is 5.32 Å². The van der Waals surface area contributed by atoms with Crippen LogP contribution in [0.5, 0.6) is 0 Å². The fourth-order valence-electron chi connectivity index (χ4n) is 1.61. The Balaban J connectivity index is 2.42. The Hall–Kier alpha value is -1.08. The Morgan fingerprint density at radius 3 is 2.72 bits per heavy atom. The van der Waals surface area contributed by atoms with E-state index >= 15 is 0 Å². The van der Waals surface area contributed by atoms with Gasteiger partial charge in [0.1, 0.15) is 12.4 Å². The number of nitrogens with zero attached hydrogens (tertiary/aromatic N) is 2. The smallest absolute Gasteiger partial charge is 0.370 e. The molecule has 1 heterocycles. The third-order valence-electron chi connectivity index (χ3n) is 2.43. The van der Waals surface area contributed by atoms with E-state index in [0.717, 1.165) is 5.82 Å². The molecule has 1 aromatic rings. The van der Waals surface area contributed by atoms with Gasteiger partial charge < -0.3 is 14.6 Å². The minimum absolute atomic E-state index is 0.0141. The second-order valence-electron chi connectivity index (χ2n) is 4.04. The second kappa shape index (κ2) is 6.75. The van der Waals surface area contributed by atoms with Crippen LogP contribution in [0.25, 0.3) is 0 Å². The summed E-state index contributed by atoms with van der Waals surface area (Å²) in [6.45, 7) is 1.37. The maximum Gasteiger partial charge on any atom is 0.411 e. The minimum Gasteiger partial charge on any atom is -0.370 e. The number of ether oxygens (including phenoxy) is 1. The molecule has 0 fully saturated rings. The third kappa shape index (κ3) is 5.50. The zero-order valence-corrected chi connectivity index (χ0v) is 10.5. The molecule has 1 N–H and O–H groups in total. The molecule has 0 radical (unpaired) electrons. The Bertz CT molecular complexity index is 352. The molecule has 0 saturated heterocycles. The van der Waals surface area contributed by atoms with Crippen LogP contribution in [0.1, 0.15) is 12.7 Å². The number of rotatable bonds is 7. The van der Waals surface area contributed by atoms with Crippen LogP contribution in [0.15, 0.2) is 12.4 Å². The number of nitrogens with one attached hydrogen (secondary N) is 1. The maximum atomic E-state index is 12.0. The topological polar surface area (TPSA) is 39.1 Å². The van der Waals surface area contributed by atoms with Crippen molar-refractivity contribution in [3.8, 4) is 0 Å². The van der Waals surface area contributed by atoms with Gasteiger partial charge in [0.05, 0.1) is 6.61 Å². The molecule has 0 aliphatic heterocycles. The van der Waals surface area contributed by atoms with E-state index in [1.54, 1.807) is 12.4 Å². The van der Waals surface area contributed by atoms with Crippen LogP contribution in [-0.4, -0.2) is 41.5 Å². The van der Waals surface area contributed by atoms with Gasteiger partial charge in [0, 0.05) is 31.9 Å². The van der Waals surface area contributed by atoms with E-state index in [0.29, 0.717) is 13.0 Å². The van der Waals surface area contributed by atoms with Gasteiger partial charge in [-0.3, -0.25) is 0 Å². The predicted octanol–water partition coefficient (Wildman–Crippen LogP) is 1.52. The van der Waals surface area contributed by atoms with E-state index in [1.165, 1.54) is 0 Å². The van der Waals surface area contributed by atoms with Gasteiger partial charge in [0.2, 0.25) is 0 Å². The molecule has 0 spiro atoms. The molecule has 0 aliphatic carbocycles. The van der Waals surface area contributed by atoms with E-state index in [-0.39, 0.29) is 12.6 Å². The molecule has 104 valence electrons. The lowest BCUT2D eigenvalue weighted by Gasteiger charge is -2.18.